The number of aryl methyl sites for hydroxylation is 2. The molecule has 0 aromatic carbocycles. The van der Waals surface area contributed by atoms with Crippen LogP contribution in [0.1, 0.15) is 79.5 Å². The second-order valence-corrected chi connectivity index (χ2v) is 7.85. The number of fused-ring (bicyclic) bond motifs is 1. The second-order valence-electron chi connectivity index (χ2n) is 7.85. The molecule has 1 atom stereocenters. The third-order valence-electron chi connectivity index (χ3n) is 5.58. The lowest BCUT2D eigenvalue weighted by Crippen LogP contribution is -2.25. The molecule has 9 nitrogen and oxygen atoms in total. The Kier molecular flexibility index (Phi) is 5.12. The smallest absolute Gasteiger partial charge is 0.339 e. The van der Waals surface area contributed by atoms with Gasteiger partial charge in [-0.25, -0.2) is 14.6 Å². The van der Waals surface area contributed by atoms with E-state index in [-0.39, 0.29) is 17.0 Å². The van der Waals surface area contributed by atoms with Gasteiger partial charge in [0, 0.05) is 17.3 Å². The number of esters is 2. The number of aromatic nitrogens is 3. The highest BCUT2D eigenvalue weighted by molar-refractivity contribution is 6.07. The average molecular weight is 425 g/mol. The van der Waals surface area contributed by atoms with E-state index in [1.165, 1.54) is 14.0 Å². The van der Waals surface area contributed by atoms with Crippen molar-refractivity contribution in [3.8, 4) is 0 Å². The van der Waals surface area contributed by atoms with E-state index in [1.807, 2.05) is 0 Å². The molecule has 31 heavy (non-hydrogen) atoms. The molecule has 1 aliphatic rings. The van der Waals surface area contributed by atoms with Crippen molar-refractivity contribution in [1.29, 1.82) is 0 Å². The molecule has 162 valence electrons. The zero-order valence-electron chi connectivity index (χ0n) is 18.0. The van der Waals surface area contributed by atoms with Crippen LogP contribution in [0.5, 0.6) is 0 Å². The summed E-state index contributed by atoms with van der Waals surface area (Å²) in [6.07, 6.45) is 0.925. The fraction of sp³-hybridized carbons (Fsp3) is 0.409. The summed E-state index contributed by atoms with van der Waals surface area (Å²) < 4.78 is 15.5. The second kappa shape index (κ2) is 7.64. The van der Waals surface area contributed by atoms with Crippen molar-refractivity contribution < 1.29 is 28.4 Å². The fourth-order valence-electron chi connectivity index (χ4n) is 3.75. The Morgan fingerprint density at radius 2 is 1.90 bits per heavy atom. The first-order valence-corrected chi connectivity index (χ1v) is 10.0. The van der Waals surface area contributed by atoms with E-state index in [2.05, 4.69) is 15.1 Å². The number of pyridine rings is 1. The molecule has 4 rings (SSSR count). The predicted molar refractivity (Wildman–Crippen MR) is 109 cm³/mol. The number of ether oxygens (including phenoxy) is 2. The van der Waals surface area contributed by atoms with Crippen LogP contribution in [0.25, 0.3) is 11.1 Å². The Bertz CT molecular complexity index is 1220. The highest BCUT2D eigenvalue weighted by Crippen LogP contribution is 2.40. The number of methoxy groups -OCH3 is 1. The van der Waals surface area contributed by atoms with Gasteiger partial charge >= 0.3 is 11.9 Å². The van der Waals surface area contributed by atoms with Crippen molar-refractivity contribution in [3.63, 3.8) is 0 Å². The average Bonchev–Trinajstić information content (AvgIpc) is 3.47. The van der Waals surface area contributed by atoms with Crippen molar-refractivity contribution in [3.05, 3.63) is 45.5 Å². The van der Waals surface area contributed by atoms with Gasteiger partial charge in [0.2, 0.25) is 5.78 Å². The summed E-state index contributed by atoms with van der Waals surface area (Å²) in [6.45, 7) is 6.53. The molecule has 9 heteroatoms. The molecule has 0 amide bonds. The lowest BCUT2D eigenvalue weighted by atomic mass is 10.1. The Labute approximate surface area is 178 Å². The third kappa shape index (κ3) is 3.60. The molecule has 3 heterocycles. The Morgan fingerprint density at radius 1 is 1.19 bits per heavy atom. The first kappa shape index (κ1) is 20.8. The summed E-state index contributed by atoms with van der Waals surface area (Å²) in [7, 11) is 1.28. The molecule has 0 radical (unpaired) electrons. The molecule has 3 aromatic rings. The quantitative estimate of drug-likeness (QED) is 0.469. The van der Waals surface area contributed by atoms with Gasteiger partial charge < -0.3 is 19.0 Å². The van der Waals surface area contributed by atoms with E-state index in [9.17, 15) is 14.4 Å². The van der Waals surface area contributed by atoms with Gasteiger partial charge in [0.15, 0.2) is 6.10 Å². The third-order valence-corrected chi connectivity index (χ3v) is 5.58. The first-order valence-electron chi connectivity index (χ1n) is 10.0. The van der Waals surface area contributed by atoms with E-state index in [0.29, 0.717) is 33.8 Å². The van der Waals surface area contributed by atoms with Crippen LogP contribution in [0.2, 0.25) is 0 Å². The molecular formula is C22H23N3O6. The van der Waals surface area contributed by atoms with Crippen LogP contribution in [0.4, 0.5) is 0 Å². The van der Waals surface area contributed by atoms with Gasteiger partial charge in [-0.05, 0) is 52.2 Å². The van der Waals surface area contributed by atoms with E-state index in [0.717, 1.165) is 18.5 Å². The molecule has 1 saturated carbocycles. The van der Waals surface area contributed by atoms with Gasteiger partial charge in [0.1, 0.15) is 0 Å². The number of ketones is 1. The predicted octanol–water partition coefficient (Wildman–Crippen LogP) is 3.57. The topological polar surface area (TPSA) is 124 Å². The zero-order valence-corrected chi connectivity index (χ0v) is 18.0. The van der Waals surface area contributed by atoms with Gasteiger partial charge in [0.05, 0.1) is 35.0 Å². The fourth-order valence-corrected chi connectivity index (χ4v) is 3.75. The molecule has 1 unspecified atom stereocenters. The highest BCUT2D eigenvalue weighted by atomic mass is 16.5. The number of nitrogens with one attached hydrogen (secondary N) is 1. The van der Waals surface area contributed by atoms with E-state index in [1.54, 1.807) is 26.8 Å². The Morgan fingerprint density at radius 3 is 2.55 bits per heavy atom. The number of Topliss-reactive ketones (excluding diaryl/α,β-unsaturated/α-hetero) is 1. The summed E-state index contributed by atoms with van der Waals surface area (Å²) in [5.74, 6) is -1.35. The molecule has 1 fully saturated rings. The maximum Gasteiger partial charge on any atom is 0.339 e. The normalized spacial score (nSPS) is 14.5. The summed E-state index contributed by atoms with van der Waals surface area (Å²) in [5, 5.41) is 4.39. The minimum atomic E-state index is -1.08. The monoisotopic (exact) mass is 425 g/mol. The maximum atomic E-state index is 13.0. The minimum Gasteiger partial charge on any atom is -0.465 e. The molecule has 0 saturated heterocycles. The summed E-state index contributed by atoms with van der Waals surface area (Å²) in [5.41, 5.74) is 3.31. The van der Waals surface area contributed by atoms with Crippen LogP contribution in [0.3, 0.4) is 0 Å². The van der Waals surface area contributed by atoms with E-state index in [4.69, 9.17) is 14.0 Å². The summed E-state index contributed by atoms with van der Waals surface area (Å²) in [4.78, 5) is 45.3. The Hall–Kier alpha value is -3.49. The van der Waals surface area contributed by atoms with Gasteiger partial charge in [0.25, 0.3) is 5.71 Å². The van der Waals surface area contributed by atoms with Crippen molar-refractivity contribution >= 4 is 28.8 Å². The molecule has 3 aromatic heterocycles. The number of aromatic amines is 1. The van der Waals surface area contributed by atoms with Crippen molar-refractivity contribution in [2.75, 3.05) is 7.11 Å². The van der Waals surface area contributed by atoms with Gasteiger partial charge in [-0.1, -0.05) is 5.16 Å². The van der Waals surface area contributed by atoms with Gasteiger partial charge in [-0.2, -0.15) is 0 Å². The molecule has 1 N–H and O–H groups in total. The number of carbonyl (C=O) groups is 3. The lowest BCUT2D eigenvalue weighted by molar-refractivity contribution is 0.0318. The maximum absolute atomic E-state index is 13.0. The van der Waals surface area contributed by atoms with Crippen LogP contribution in [-0.2, 0) is 9.47 Å². The highest BCUT2D eigenvalue weighted by Gasteiger charge is 2.31. The number of nitrogens with zero attached hydrogens (tertiary/aromatic N) is 2. The summed E-state index contributed by atoms with van der Waals surface area (Å²) in [6, 6.07) is 1.70. The number of carbonyl (C=O) groups excluding carboxylic acids is 3. The van der Waals surface area contributed by atoms with Crippen molar-refractivity contribution in [2.45, 2.75) is 52.6 Å². The molecule has 0 spiro atoms. The van der Waals surface area contributed by atoms with Crippen LogP contribution < -0.4 is 0 Å². The minimum absolute atomic E-state index is 0.206. The van der Waals surface area contributed by atoms with Crippen LogP contribution in [-0.4, -0.2) is 46.1 Å². The molecular weight excluding hydrogens is 402 g/mol. The lowest BCUT2D eigenvalue weighted by Gasteiger charge is -2.13. The molecule has 0 aliphatic heterocycles. The van der Waals surface area contributed by atoms with Gasteiger partial charge in [-0.3, -0.25) is 4.79 Å². The van der Waals surface area contributed by atoms with E-state index >= 15 is 0 Å². The Balaban J connectivity index is 1.62. The number of H-pyrrole nitrogens is 1. The largest absolute Gasteiger partial charge is 0.465 e. The van der Waals surface area contributed by atoms with E-state index < -0.39 is 23.8 Å². The molecule has 1 aliphatic carbocycles. The summed E-state index contributed by atoms with van der Waals surface area (Å²) >= 11 is 0. The van der Waals surface area contributed by atoms with Crippen LogP contribution in [0, 0.1) is 20.8 Å². The number of rotatable bonds is 6. The van der Waals surface area contributed by atoms with Gasteiger partial charge in [-0.15, -0.1) is 0 Å². The van der Waals surface area contributed by atoms with Crippen LogP contribution in [0.15, 0.2) is 10.6 Å². The van der Waals surface area contributed by atoms with Crippen molar-refractivity contribution in [1.82, 2.24) is 15.1 Å². The standard InChI is InChI=1S/C22H23N3O6/c1-9-16(22(28)29-5)10(2)23-18(9)19(26)12(4)30-21(27)14-8-15(13-6-7-13)24-20-17(14)11(3)25-31-20/h8,12-13,23H,6-7H2,1-5H3. The number of hydrogen-bond acceptors (Lipinski definition) is 8. The van der Waals surface area contributed by atoms with Crippen LogP contribution >= 0.6 is 0 Å². The number of hydrogen-bond donors (Lipinski definition) is 1. The zero-order chi connectivity index (χ0) is 22.4. The molecule has 0 bridgehead atoms. The first-order chi connectivity index (χ1) is 14.7. The SMILES string of the molecule is COC(=O)c1c(C)[nH]c(C(=O)C(C)OC(=O)c2cc(C3CC3)nc3onc(C)c23)c1C. The van der Waals surface area contributed by atoms with Crippen molar-refractivity contribution in [2.24, 2.45) is 0 Å².